The standard InChI is InChI=1S/C10H13IN2O/c1-10(2,9(12)14)5-7-6-13-4-3-8(7)11/h3-4,6H,5H2,1-2H3,(H2,12,14). The zero-order valence-electron chi connectivity index (χ0n) is 8.25. The fourth-order valence-corrected chi connectivity index (χ4v) is 1.59. The van der Waals surface area contributed by atoms with E-state index in [2.05, 4.69) is 27.6 Å². The molecule has 0 radical (unpaired) electrons. The van der Waals surface area contributed by atoms with Crippen LogP contribution in [0.1, 0.15) is 19.4 Å². The molecule has 0 aliphatic heterocycles. The number of nitrogens with zero attached hydrogens (tertiary/aromatic N) is 1. The predicted octanol–water partition coefficient (Wildman–Crippen LogP) is 1.74. The summed E-state index contributed by atoms with van der Waals surface area (Å²) < 4.78 is 1.12. The van der Waals surface area contributed by atoms with Gasteiger partial charge < -0.3 is 5.73 Å². The number of rotatable bonds is 3. The summed E-state index contributed by atoms with van der Waals surface area (Å²) in [5, 5.41) is 0. The third-order valence-electron chi connectivity index (χ3n) is 2.14. The van der Waals surface area contributed by atoms with Gasteiger partial charge in [-0.15, -0.1) is 0 Å². The molecule has 1 aromatic rings. The Hall–Kier alpha value is -0.650. The molecule has 1 aromatic heterocycles. The van der Waals surface area contributed by atoms with Crippen molar-refractivity contribution in [3.63, 3.8) is 0 Å². The Morgan fingerprint density at radius 2 is 2.29 bits per heavy atom. The molecular weight excluding hydrogens is 291 g/mol. The summed E-state index contributed by atoms with van der Waals surface area (Å²) in [6.07, 6.45) is 4.16. The monoisotopic (exact) mass is 304 g/mol. The molecule has 14 heavy (non-hydrogen) atoms. The van der Waals surface area contributed by atoms with Crippen LogP contribution in [0.2, 0.25) is 0 Å². The van der Waals surface area contributed by atoms with Gasteiger partial charge in [0.15, 0.2) is 0 Å². The smallest absolute Gasteiger partial charge is 0.223 e. The molecule has 0 bridgehead atoms. The first-order valence-corrected chi connectivity index (χ1v) is 5.39. The number of nitrogens with two attached hydrogens (primary N) is 1. The quantitative estimate of drug-likeness (QED) is 0.865. The number of hydrogen-bond acceptors (Lipinski definition) is 2. The Balaban J connectivity index is 2.89. The van der Waals surface area contributed by atoms with E-state index < -0.39 is 5.41 Å². The van der Waals surface area contributed by atoms with Gasteiger partial charge in [0, 0.05) is 21.4 Å². The van der Waals surface area contributed by atoms with Crippen molar-refractivity contribution in [1.29, 1.82) is 0 Å². The zero-order chi connectivity index (χ0) is 10.8. The zero-order valence-corrected chi connectivity index (χ0v) is 10.4. The molecule has 0 atom stereocenters. The van der Waals surface area contributed by atoms with Gasteiger partial charge in [-0.2, -0.15) is 0 Å². The molecule has 0 aliphatic rings. The maximum Gasteiger partial charge on any atom is 0.223 e. The lowest BCUT2D eigenvalue weighted by Gasteiger charge is -2.20. The highest BCUT2D eigenvalue weighted by Crippen LogP contribution is 2.23. The van der Waals surface area contributed by atoms with Gasteiger partial charge in [0.25, 0.3) is 0 Å². The van der Waals surface area contributed by atoms with E-state index in [1.54, 1.807) is 12.4 Å². The molecule has 1 heterocycles. The normalized spacial score (nSPS) is 11.4. The highest BCUT2D eigenvalue weighted by Gasteiger charge is 2.25. The topological polar surface area (TPSA) is 56.0 Å². The Bertz CT molecular complexity index is 350. The number of aromatic nitrogens is 1. The molecule has 0 aliphatic carbocycles. The van der Waals surface area contributed by atoms with E-state index in [1.165, 1.54) is 0 Å². The highest BCUT2D eigenvalue weighted by molar-refractivity contribution is 14.1. The maximum atomic E-state index is 11.1. The summed E-state index contributed by atoms with van der Waals surface area (Å²) in [7, 11) is 0. The van der Waals surface area contributed by atoms with Crippen LogP contribution >= 0.6 is 22.6 Å². The molecular formula is C10H13IN2O. The average Bonchev–Trinajstić information content (AvgIpc) is 2.08. The average molecular weight is 304 g/mol. The Kier molecular flexibility index (Phi) is 3.47. The SMILES string of the molecule is CC(C)(Cc1cnccc1I)C(N)=O. The minimum atomic E-state index is -0.511. The third kappa shape index (κ3) is 2.67. The van der Waals surface area contributed by atoms with Crippen molar-refractivity contribution < 1.29 is 4.79 Å². The molecule has 1 rings (SSSR count). The lowest BCUT2D eigenvalue weighted by atomic mass is 9.86. The van der Waals surface area contributed by atoms with Crippen molar-refractivity contribution in [3.05, 3.63) is 27.6 Å². The van der Waals surface area contributed by atoms with Gasteiger partial charge in [0.2, 0.25) is 5.91 Å². The molecule has 2 N–H and O–H groups in total. The van der Waals surface area contributed by atoms with Crippen LogP contribution in [0.15, 0.2) is 18.5 Å². The van der Waals surface area contributed by atoms with Crippen LogP contribution in [0.4, 0.5) is 0 Å². The Labute approximate surface area is 97.2 Å². The van der Waals surface area contributed by atoms with Crippen molar-refractivity contribution in [2.75, 3.05) is 0 Å². The second-order valence-electron chi connectivity index (χ2n) is 3.89. The van der Waals surface area contributed by atoms with Crippen LogP contribution in [-0.4, -0.2) is 10.9 Å². The first-order chi connectivity index (χ1) is 6.43. The van der Waals surface area contributed by atoms with Gasteiger partial charge in [0.05, 0.1) is 0 Å². The fraction of sp³-hybridized carbons (Fsp3) is 0.400. The van der Waals surface area contributed by atoms with Gasteiger partial charge in [-0.1, -0.05) is 13.8 Å². The van der Waals surface area contributed by atoms with Crippen LogP contribution < -0.4 is 5.73 Å². The van der Waals surface area contributed by atoms with Gasteiger partial charge in [0.1, 0.15) is 0 Å². The molecule has 0 fully saturated rings. The van der Waals surface area contributed by atoms with Gasteiger partial charge in [-0.25, -0.2) is 0 Å². The number of pyridine rings is 1. The number of carbonyl (C=O) groups excluding carboxylic acids is 1. The van der Waals surface area contributed by atoms with E-state index in [1.807, 2.05) is 19.9 Å². The minimum absolute atomic E-state index is 0.280. The Morgan fingerprint density at radius 1 is 1.64 bits per heavy atom. The van der Waals surface area contributed by atoms with Crippen LogP contribution in [0.5, 0.6) is 0 Å². The van der Waals surface area contributed by atoms with Crippen molar-refractivity contribution in [2.45, 2.75) is 20.3 Å². The molecule has 0 saturated carbocycles. The summed E-state index contributed by atoms with van der Waals surface area (Å²) in [5.41, 5.74) is 5.86. The molecule has 3 nitrogen and oxygen atoms in total. The highest BCUT2D eigenvalue weighted by atomic mass is 127. The minimum Gasteiger partial charge on any atom is -0.369 e. The molecule has 0 saturated heterocycles. The van der Waals surface area contributed by atoms with Crippen molar-refractivity contribution in [1.82, 2.24) is 4.98 Å². The van der Waals surface area contributed by atoms with Crippen LogP contribution in [0.25, 0.3) is 0 Å². The molecule has 76 valence electrons. The van der Waals surface area contributed by atoms with E-state index in [4.69, 9.17) is 5.73 Å². The summed E-state index contributed by atoms with van der Waals surface area (Å²) >= 11 is 2.23. The van der Waals surface area contributed by atoms with Crippen molar-refractivity contribution >= 4 is 28.5 Å². The van der Waals surface area contributed by atoms with E-state index >= 15 is 0 Å². The molecule has 0 unspecified atom stereocenters. The van der Waals surface area contributed by atoms with Crippen LogP contribution in [0.3, 0.4) is 0 Å². The lowest BCUT2D eigenvalue weighted by Crippen LogP contribution is -2.33. The summed E-state index contributed by atoms with van der Waals surface area (Å²) in [6.45, 7) is 3.69. The molecule has 1 amide bonds. The second-order valence-corrected chi connectivity index (χ2v) is 5.05. The number of carbonyl (C=O) groups is 1. The van der Waals surface area contributed by atoms with E-state index in [9.17, 15) is 4.79 Å². The van der Waals surface area contributed by atoms with Crippen LogP contribution in [-0.2, 0) is 11.2 Å². The largest absolute Gasteiger partial charge is 0.369 e. The van der Waals surface area contributed by atoms with E-state index in [-0.39, 0.29) is 5.91 Å². The van der Waals surface area contributed by atoms with E-state index in [0.29, 0.717) is 6.42 Å². The number of halogens is 1. The van der Waals surface area contributed by atoms with Crippen molar-refractivity contribution in [3.8, 4) is 0 Å². The summed E-state index contributed by atoms with van der Waals surface area (Å²) in [4.78, 5) is 15.2. The fourth-order valence-electron chi connectivity index (χ4n) is 1.10. The third-order valence-corrected chi connectivity index (χ3v) is 3.20. The first-order valence-electron chi connectivity index (χ1n) is 4.32. The van der Waals surface area contributed by atoms with E-state index in [0.717, 1.165) is 9.13 Å². The Morgan fingerprint density at radius 3 is 2.79 bits per heavy atom. The number of hydrogen-bond donors (Lipinski definition) is 1. The van der Waals surface area contributed by atoms with Gasteiger partial charge >= 0.3 is 0 Å². The van der Waals surface area contributed by atoms with Gasteiger partial charge in [-0.05, 0) is 40.6 Å². The lowest BCUT2D eigenvalue weighted by molar-refractivity contribution is -0.125. The first kappa shape index (κ1) is 11.4. The van der Waals surface area contributed by atoms with Gasteiger partial charge in [-0.3, -0.25) is 9.78 Å². The van der Waals surface area contributed by atoms with Crippen molar-refractivity contribution in [2.24, 2.45) is 11.1 Å². The maximum absolute atomic E-state index is 11.1. The number of amides is 1. The summed E-state index contributed by atoms with van der Waals surface area (Å²) in [6, 6.07) is 1.92. The summed E-state index contributed by atoms with van der Waals surface area (Å²) in [5.74, 6) is -0.280. The molecule has 4 heteroatoms. The second kappa shape index (κ2) is 4.25. The molecule has 0 aromatic carbocycles. The molecule has 0 spiro atoms. The van der Waals surface area contributed by atoms with Crippen LogP contribution in [0, 0.1) is 8.99 Å². The number of primary amides is 1. The predicted molar refractivity (Wildman–Crippen MR) is 63.6 cm³/mol.